The standard InChI is InChI=1S/C73H119NO18/c1-3-5-7-9-11-13-14-15-16-17-18-19-20-21-22-23-24-25-26-27-28-29-30-31-32-33-34-35-36-37-38-39-40-41-42-43-45-47-49-51-61(79)74-56(57(78)50-48-46-44-12-10-8-6-4-2)55-87-71-67(85)64(82)69(59(53-76)89-71)92-73-68(86)65(83)70(60(54-77)90-73)91-72-66(84)63(81)62(80)58(52-75)88-72/h5,7,10-13,15-16,18-19,21-22,24-25,27-28,30-31,33-34,48,50,56-60,62-73,75-78,80-86H,3-4,6,8-9,14,17,20,23,26,29,32,35-47,49,51-55H2,1-2H3,(H,74,79)/b7-5-,12-10+,13-11-,16-15-,19-18-,22-21-,25-24-,28-27-,31-30-,34-33-,50-48+. The Morgan fingerprint density at radius 3 is 1.22 bits per heavy atom. The third-order valence-corrected chi connectivity index (χ3v) is 16.2. The fourth-order valence-electron chi connectivity index (χ4n) is 10.6. The van der Waals surface area contributed by atoms with E-state index in [1.54, 1.807) is 6.08 Å². The van der Waals surface area contributed by atoms with E-state index in [9.17, 15) is 61.0 Å². The third kappa shape index (κ3) is 34.6. The maximum Gasteiger partial charge on any atom is 0.220 e. The van der Waals surface area contributed by atoms with Gasteiger partial charge in [-0.25, -0.2) is 0 Å². The van der Waals surface area contributed by atoms with E-state index in [0.717, 1.165) is 116 Å². The number of carbonyl (C=O) groups excluding carboxylic acids is 1. The quantitative estimate of drug-likeness (QED) is 0.0200. The molecule has 19 heteroatoms. The first-order chi connectivity index (χ1) is 44.8. The molecule has 0 radical (unpaired) electrons. The van der Waals surface area contributed by atoms with Crippen LogP contribution in [0.3, 0.4) is 0 Å². The van der Waals surface area contributed by atoms with Crippen LogP contribution in [-0.4, -0.2) is 193 Å². The van der Waals surface area contributed by atoms with Crippen molar-refractivity contribution in [2.75, 3.05) is 26.4 Å². The van der Waals surface area contributed by atoms with Crippen LogP contribution >= 0.6 is 0 Å². The molecule has 3 heterocycles. The molecule has 0 aromatic carbocycles. The van der Waals surface area contributed by atoms with Crippen molar-refractivity contribution in [2.24, 2.45) is 0 Å². The van der Waals surface area contributed by atoms with Gasteiger partial charge in [-0.2, -0.15) is 0 Å². The van der Waals surface area contributed by atoms with Crippen LogP contribution < -0.4 is 5.32 Å². The SMILES string of the molecule is CC/C=C\C/C=C\C/C=C\C/C=C\C/C=C\C/C=C\C/C=C\C/C=C\C/C=C\CCCCCCCCCCCCCC(=O)NC(COC1OC(CO)C(OC2OC(CO)C(OC3OC(CO)C(O)C(O)C3O)C(O)C2O)C(O)C1O)C(O)/C=C/CC/C=C/CCCC. The van der Waals surface area contributed by atoms with Gasteiger partial charge in [-0.1, -0.05) is 218 Å². The first kappa shape index (κ1) is 82.2. The molecule has 17 unspecified atom stereocenters. The number of unbranched alkanes of at least 4 members (excludes halogenated alkanes) is 14. The molecule has 0 spiro atoms. The number of nitrogens with one attached hydrogen (secondary N) is 1. The van der Waals surface area contributed by atoms with E-state index in [2.05, 4.69) is 141 Å². The molecule has 3 saturated heterocycles. The minimum atomic E-state index is -1.99. The van der Waals surface area contributed by atoms with Gasteiger partial charge < -0.3 is 89.9 Å². The van der Waals surface area contributed by atoms with Crippen molar-refractivity contribution in [3.8, 4) is 0 Å². The molecule has 0 aromatic heterocycles. The second-order valence-electron chi connectivity index (χ2n) is 23.9. The fourth-order valence-corrected chi connectivity index (χ4v) is 10.6. The van der Waals surface area contributed by atoms with E-state index in [1.165, 1.54) is 38.5 Å². The monoisotopic (exact) mass is 1300 g/mol. The summed E-state index contributed by atoms with van der Waals surface area (Å²) in [7, 11) is 0. The van der Waals surface area contributed by atoms with Gasteiger partial charge in [0.15, 0.2) is 18.9 Å². The number of ether oxygens (including phenoxy) is 6. The van der Waals surface area contributed by atoms with Crippen molar-refractivity contribution in [1.82, 2.24) is 5.32 Å². The van der Waals surface area contributed by atoms with Gasteiger partial charge in [0.25, 0.3) is 0 Å². The number of hydrogen-bond acceptors (Lipinski definition) is 18. The number of hydrogen-bond donors (Lipinski definition) is 12. The van der Waals surface area contributed by atoms with Crippen LogP contribution in [0.1, 0.15) is 187 Å². The zero-order valence-corrected chi connectivity index (χ0v) is 55.2. The van der Waals surface area contributed by atoms with Crippen LogP contribution in [-0.2, 0) is 33.2 Å². The molecule has 1 amide bonds. The zero-order chi connectivity index (χ0) is 66.8. The molecule has 0 bridgehead atoms. The molecule has 19 nitrogen and oxygen atoms in total. The maximum absolute atomic E-state index is 13.3. The lowest BCUT2D eigenvalue weighted by Gasteiger charge is -2.48. The highest BCUT2D eigenvalue weighted by Gasteiger charge is 2.53. The summed E-state index contributed by atoms with van der Waals surface area (Å²) in [6.45, 7) is 1.47. The molecule has 3 fully saturated rings. The second kappa shape index (κ2) is 53.1. The normalized spacial score (nSPS) is 28.6. The topological polar surface area (TPSA) is 307 Å². The number of rotatable bonds is 50. The Kier molecular flexibility index (Phi) is 47.4. The Balaban J connectivity index is 1.30. The van der Waals surface area contributed by atoms with Gasteiger partial charge in [0, 0.05) is 6.42 Å². The van der Waals surface area contributed by atoms with Crippen molar-refractivity contribution in [3.05, 3.63) is 134 Å². The summed E-state index contributed by atoms with van der Waals surface area (Å²) in [6, 6.07) is -0.997. The van der Waals surface area contributed by atoms with Crippen LogP contribution in [0.15, 0.2) is 134 Å². The van der Waals surface area contributed by atoms with E-state index in [-0.39, 0.29) is 18.9 Å². The molecule has 0 aromatic rings. The molecule has 3 aliphatic heterocycles. The first-order valence-electron chi connectivity index (χ1n) is 34.4. The number of amides is 1. The average molecular weight is 1300 g/mol. The molecule has 0 aliphatic carbocycles. The Labute approximate surface area is 550 Å². The summed E-state index contributed by atoms with van der Waals surface area (Å²) in [5.74, 6) is -0.299. The zero-order valence-electron chi connectivity index (χ0n) is 55.2. The molecule has 524 valence electrons. The highest BCUT2D eigenvalue weighted by atomic mass is 16.8. The predicted octanol–water partition coefficient (Wildman–Crippen LogP) is 8.99. The summed E-state index contributed by atoms with van der Waals surface area (Å²) in [4.78, 5) is 13.3. The Morgan fingerprint density at radius 2 is 0.761 bits per heavy atom. The number of carbonyl (C=O) groups is 1. The van der Waals surface area contributed by atoms with Gasteiger partial charge in [-0.3, -0.25) is 4.79 Å². The van der Waals surface area contributed by atoms with Crippen LogP contribution in [0, 0.1) is 0 Å². The van der Waals surface area contributed by atoms with E-state index in [4.69, 9.17) is 28.4 Å². The molecule has 3 rings (SSSR count). The molecular weight excluding hydrogens is 1180 g/mol. The van der Waals surface area contributed by atoms with Crippen molar-refractivity contribution < 1.29 is 89.4 Å². The van der Waals surface area contributed by atoms with Crippen molar-refractivity contribution >= 4 is 5.91 Å². The Bertz CT molecular complexity index is 2190. The number of aliphatic hydroxyl groups excluding tert-OH is 11. The molecule has 12 N–H and O–H groups in total. The highest BCUT2D eigenvalue weighted by Crippen LogP contribution is 2.33. The minimum absolute atomic E-state index is 0.222. The van der Waals surface area contributed by atoms with E-state index in [0.29, 0.717) is 12.8 Å². The fraction of sp³-hybridized carbons (Fsp3) is 0.685. The van der Waals surface area contributed by atoms with Gasteiger partial charge in [0.05, 0.1) is 38.6 Å². The van der Waals surface area contributed by atoms with E-state index in [1.807, 2.05) is 6.08 Å². The van der Waals surface area contributed by atoms with Crippen molar-refractivity contribution in [3.63, 3.8) is 0 Å². The van der Waals surface area contributed by atoms with Gasteiger partial charge in [-0.05, 0) is 96.3 Å². The largest absolute Gasteiger partial charge is 0.394 e. The average Bonchev–Trinajstić information content (AvgIpc) is 0.830. The maximum atomic E-state index is 13.3. The van der Waals surface area contributed by atoms with E-state index < -0.39 is 124 Å². The molecule has 92 heavy (non-hydrogen) atoms. The van der Waals surface area contributed by atoms with Crippen molar-refractivity contribution in [2.45, 2.75) is 291 Å². The molecular formula is C73H119NO18. The van der Waals surface area contributed by atoms with Gasteiger partial charge in [-0.15, -0.1) is 0 Å². The Hall–Kier alpha value is -4.07. The number of aliphatic hydroxyl groups is 11. The highest BCUT2D eigenvalue weighted by molar-refractivity contribution is 5.76. The van der Waals surface area contributed by atoms with Crippen molar-refractivity contribution in [1.29, 1.82) is 0 Å². The summed E-state index contributed by atoms with van der Waals surface area (Å²) < 4.78 is 34.2. The van der Waals surface area contributed by atoms with Gasteiger partial charge in [0.1, 0.15) is 73.2 Å². The Morgan fingerprint density at radius 1 is 0.402 bits per heavy atom. The van der Waals surface area contributed by atoms with Crippen LogP contribution in [0.2, 0.25) is 0 Å². The lowest BCUT2D eigenvalue weighted by Crippen LogP contribution is -2.66. The van der Waals surface area contributed by atoms with Crippen LogP contribution in [0.5, 0.6) is 0 Å². The van der Waals surface area contributed by atoms with Gasteiger partial charge >= 0.3 is 0 Å². The van der Waals surface area contributed by atoms with Crippen LogP contribution in [0.25, 0.3) is 0 Å². The summed E-state index contributed by atoms with van der Waals surface area (Å²) in [6.07, 6.45) is 47.7. The summed E-state index contributed by atoms with van der Waals surface area (Å²) >= 11 is 0. The molecule has 17 atom stereocenters. The van der Waals surface area contributed by atoms with Gasteiger partial charge in [0.2, 0.25) is 5.91 Å². The smallest absolute Gasteiger partial charge is 0.220 e. The number of allylic oxidation sites excluding steroid dienone is 21. The third-order valence-electron chi connectivity index (χ3n) is 16.2. The predicted molar refractivity (Wildman–Crippen MR) is 359 cm³/mol. The molecule has 0 saturated carbocycles. The summed E-state index contributed by atoms with van der Waals surface area (Å²) in [5, 5.41) is 120. The second-order valence-corrected chi connectivity index (χ2v) is 23.9. The lowest BCUT2D eigenvalue weighted by atomic mass is 9.96. The lowest BCUT2D eigenvalue weighted by molar-refractivity contribution is -0.379. The summed E-state index contributed by atoms with van der Waals surface area (Å²) in [5.41, 5.74) is 0. The van der Waals surface area contributed by atoms with Crippen LogP contribution in [0.4, 0.5) is 0 Å². The minimum Gasteiger partial charge on any atom is -0.394 e. The first-order valence-corrected chi connectivity index (χ1v) is 34.4. The molecule has 3 aliphatic rings. The van der Waals surface area contributed by atoms with E-state index >= 15 is 0 Å².